The first-order valence-electron chi connectivity index (χ1n) is 5.57. The molecular formula is C14H15BrN2. The molecule has 0 saturated carbocycles. The van der Waals surface area contributed by atoms with E-state index in [4.69, 9.17) is 0 Å². The van der Waals surface area contributed by atoms with Crippen LogP contribution in [0, 0.1) is 27.7 Å². The van der Waals surface area contributed by atoms with E-state index in [1.807, 2.05) is 13.0 Å². The summed E-state index contributed by atoms with van der Waals surface area (Å²) in [6.07, 6.45) is 0. The number of halogens is 1. The lowest BCUT2D eigenvalue weighted by atomic mass is 9.97. The molecule has 0 N–H and O–H groups in total. The predicted molar refractivity (Wildman–Crippen MR) is 74.1 cm³/mol. The molecule has 0 radical (unpaired) electrons. The Morgan fingerprint density at radius 3 is 2.29 bits per heavy atom. The number of aromatic nitrogens is 2. The first-order chi connectivity index (χ1) is 7.99. The van der Waals surface area contributed by atoms with Crippen LogP contribution in [-0.2, 0) is 0 Å². The molecule has 17 heavy (non-hydrogen) atoms. The molecule has 1 heterocycles. The van der Waals surface area contributed by atoms with Crippen molar-refractivity contribution in [1.29, 1.82) is 0 Å². The van der Waals surface area contributed by atoms with Crippen molar-refractivity contribution in [2.45, 2.75) is 27.7 Å². The molecule has 0 aliphatic heterocycles. The van der Waals surface area contributed by atoms with E-state index in [1.54, 1.807) is 0 Å². The number of rotatable bonds is 1. The van der Waals surface area contributed by atoms with Gasteiger partial charge in [-0.3, -0.25) is 0 Å². The van der Waals surface area contributed by atoms with Crippen LogP contribution < -0.4 is 0 Å². The van der Waals surface area contributed by atoms with Crippen LogP contribution in [0.2, 0.25) is 0 Å². The Morgan fingerprint density at radius 1 is 0.941 bits per heavy atom. The van der Waals surface area contributed by atoms with Crippen LogP contribution in [0.1, 0.15) is 22.4 Å². The average Bonchev–Trinajstić information content (AvgIpc) is 2.24. The minimum atomic E-state index is 0.644. The summed E-state index contributed by atoms with van der Waals surface area (Å²) in [4.78, 5) is 8.68. The Kier molecular flexibility index (Phi) is 3.29. The normalized spacial score (nSPS) is 10.6. The topological polar surface area (TPSA) is 25.8 Å². The van der Waals surface area contributed by atoms with Gasteiger partial charge in [0, 0.05) is 11.3 Å². The fourth-order valence-corrected chi connectivity index (χ4v) is 2.37. The molecule has 2 rings (SSSR count). The van der Waals surface area contributed by atoms with Crippen molar-refractivity contribution in [3.63, 3.8) is 0 Å². The Morgan fingerprint density at radius 2 is 1.65 bits per heavy atom. The van der Waals surface area contributed by atoms with Gasteiger partial charge in [-0.15, -0.1) is 0 Å². The summed E-state index contributed by atoms with van der Waals surface area (Å²) in [6.45, 7) is 8.40. The third-order valence-electron chi connectivity index (χ3n) is 3.16. The van der Waals surface area contributed by atoms with Crippen molar-refractivity contribution in [3.05, 3.63) is 45.3 Å². The SMILES string of the molecule is Cc1cc(-c2ccc(C)c(C)c2C)nc(Br)n1. The van der Waals surface area contributed by atoms with Crippen LogP contribution in [-0.4, -0.2) is 9.97 Å². The Labute approximate surface area is 110 Å². The van der Waals surface area contributed by atoms with Gasteiger partial charge in [0.1, 0.15) is 0 Å². The summed E-state index contributed by atoms with van der Waals surface area (Å²) in [5, 5.41) is 0. The van der Waals surface area contributed by atoms with Gasteiger partial charge in [0.25, 0.3) is 0 Å². The maximum Gasteiger partial charge on any atom is 0.197 e. The maximum atomic E-state index is 4.44. The maximum absolute atomic E-state index is 4.44. The average molecular weight is 291 g/mol. The third-order valence-corrected chi connectivity index (χ3v) is 3.52. The molecule has 0 aliphatic rings. The molecule has 0 saturated heterocycles. The quantitative estimate of drug-likeness (QED) is 0.738. The van der Waals surface area contributed by atoms with E-state index in [1.165, 1.54) is 22.3 Å². The minimum Gasteiger partial charge on any atom is -0.227 e. The number of hydrogen-bond donors (Lipinski definition) is 0. The van der Waals surface area contributed by atoms with Gasteiger partial charge >= 0.3 is 0 Å². The highest BCUT2D eigenvalue weighted by Crippen LogP contribution is 2.26. The van der Waals surface area contributed by atoms with E-state index < -0.39 is 0 Å². The van der Waals surface area contributed by atoms with Gasteiger partial charge in [-0.25, -0.2) is 9.97 Å². The van der Waals surface area contributed by atoms with Crippen LogP contribution in [0.4, 0.5) is 0 Å². The van der Waals surface area contributed by atoms with E-state index in [-0.39, 0.29) is 0 Å². The molecule has 0 unspecified atom stereocenters. The summed E-state index contributed by atoms with van der Waals surface area (Å²) in [7, 11) is 0. The fraction of sp³-hybridized carbons (Fsp3) is 0.286. The summed E-state index contributed by atoms with van der Waals surface area (Å²) in [5.41, 5.74) is 7.06. The molecule has 0 amide bonds. The summed E-state index contributed by atoms with van der Waals surface area (Å²) in [5.74, 6) is 0. The van der Waals surface area contributed by atoms with Crippen LogP contribution in [0.5, 0.6) is 0 Å². The predicted octanol–water partition coefficient (Wildman–Crippen LogP) is 4.14. The lowest BCUT2D eigenvalue weighted by Crippen LogP contribution is -1.95. The van der Waals surface area contributed by atoms with Crippen LogP contribution in [0.15, 0.2) is 22.9 Å². The van der Waals surface area contributed by atoms with Crippen molar-refractivity contribution in [1.82, 2.24) is 9.97 Å². The second-order valence-corrected chi connectivity index (χ2v) is 5.05. The number of aryl methyl sites for hydroxylation is 2. The van der Waals surface area contributed by atoms with Gasteiger partial charge in [-0.1, -0.05) is 12.1 Å². The molecule has 0 atom stereocenters. The van der Waals surface area contributed by atoms with Crippen LogP contribution in [0.3, 0.4) is 0 Å². The molecule has 0 fully saturated rings. The Balaban J connectivity index is 2.64. The zero-order valence-corrected chi connectivity index (χ0v) is 12.1. The van der Waals surface area contributed by atoms with E-state index in [9.17, 15) is 0 Å². The second-order valence-electron chi connectivity index (χ2n) is 4.34. The van der Waals surface area contributed by atoms with Crippen LogP contribution in [0.25, 0.3) is 11.3 Å². The van der Waals surface area contributed by atoms with Crippen molar-refractivity contribution < 1.29 is 0 Å². The number of benzene rings is 1. The van der Waals surface area contributed by atoms with Crippen molar-refractivity contribution in [2.24, 2.45) is 0 Å². The van der Waals surface area contributed by atoms with Crippen molar-refractivity contribution in [3.8, 4) is 11.3 Å². The van der Waals surface area contributed by atoms with E-state index in [0.29, 0.717) is 4.73 Å². The van der Waals surface area contributed by atoms with Crippen molar-refractivity contribution in [2.75, 3.05) is 0 Å². The molecule has 0 spiro atoms. The molecular weight excluding hydrogens is 276 g/mol. The molecule has 0 aliphatic carbocycles. The van der Waals surface area contributed by atoms with E-state index in [0.717, 1.165) is 11.4 Å². The molecule has 3 heteroatoms. The van der Waals surface area contributed by atoms with Crippen LogP contribution >= 0.6 is 15.9 Å². The highest BCUT2D eigenvalue weighted by atomic mass is 79.9. The fourth-order valence-electron chi connectivity index (χ4n) is 1.90. The van der Waals surface area contributed by atoms with E-state index in [2.05, 4.69) is 58.8 Å². The molecule has 1 aromatic heterocycles. The number of nitrogens with zero attached hydrogens (tertiary/aromatic N) is 2. The largest absolute Gasteiger partial charge is 0.227 e. The number of hydrogen-bond acceptors (Lipinski definition) is 2. The third kappa shape index (κ3) is 2.39. The second kappa shape index (κ2) is 4.57. The molecule has 2 aromatic rings. The highest BCUT2D eigenvalue weighted by molar-refractivity contribution is 9.10. The van der Waals surface area contributed by atoms with Gasteiger partial charge in [0.05, 0.1) is 5.69 Å². The zero-order valence-electron chi connectivity index (χ0n) is 10.5. The summed E-state index contributed by atoms with van der Waals surface area (Å²) < 4.78 is 0.644. The molecule has 2 nitrogen and oxygen atoms in total. The van der Waals surface area contributed by atoms with E-state index >= 15 is 0 Å². The Bertz CT molecular complexity index is 556. The standard InChI is InChI=1S/C14H15BrN2/c1-8-5-6-12(11(4)10(8)3)13-7-9(2)16-14(15)17-13/h5-7H,1-4H3. The zero-order chi connectivity index (χ0) is 12.6. The lowest BCUT2D eigenvalue weighted by molar-refractivity contribution is 1.06. The summed E-state index contributed by atoms with van der Waals surface area (Å²) >= 11 is 3.35. The first-order valence-corrected chi connectivity index (χ1v) is 6.36. The van der Waals surface area contributed by atoms with Gasteiger partial charge < -0.3 is 0 Å². The summed E-state index contributed by atoms with van der Waals surface area (Å²) in [6, 6.07) is 6.29. The molecule has 88 valence electrons. The lowest BCUT2D eigenvalue weighted by Gasteiger charge is -2.11. The highest BCUT2D eigenvalue weighted by Gasteiger charge is 2.08. The van der Waals surface area contributed by atoms with Gasteiger partial charge in [-0.2, -0.15) is 0 Å². The van der Waals surface area contributed by atoms with Gasteiger partial charge in [0.2, 0.25) is 0 Å². The van der Waals surface area contributed by atoms with Crippen molar-refractivity contribution >= 4 is 15.9 Å². The van der Waals surface area contributed by atoms with Gasteiger partial charge in [0.15, 0.2) is 4.73 Å². The van der Waals surface area contributed by atoms with Gasteiger partial charge in [-0.05, 0) is 66.4 Å². The Hall–Kier alpha value is -1.22. The molecule has 0 bridgehead atoms. The minimum absolute atomic E-state index is 0.644. The monoisotopic (exact) mass is 290 g/mol. The molecule has 1 aromatic carbocycles. The smallest absolute Gasteiger partial charge is 0.197 e. The first kappa shape index (κ1) is 12.2.